The topological polar surface area (TPSA) is 115 Å². The Balaban J connectivity index is 1.66. The third-order valence-electron chi connectivity index (χ3n) is 5.87. The molecule has 2 aromatic carbocycles. The molecule has 0 bridgehead atoms. The number of alkyl halides is 3. The molecule has 0 radical (unpaired) electrons. The minimum Gasteiger partial charge on any atom is -0.444 e. The van der Waals surface area contributed by atoms with Gasteiger partial charge in [0.25, 0.3) is 5.91 Å². The lowest BCUT2D eigenvalue weighted by Crippen LogP contribution is -2.48. The molecule has 1 saturated heterocycles. The Labute approximate surface area is 224 Å². The first-order chi connectivity index (χ1) is 18.3. The van der Waals surface area contributed by atoms with Gasteiger partial charge in [0.15, 0.2) is 6.10 Å². The van der Waals surface area contributed by atoms with E-state index in [0.29, 0.717) is 24.1 Å². The first-order valence-corrected chi connectivity index (χ1v) is 12.3. The van der Waals surface area contributed by atoms with Gasteiger partial charge in [-0.25, -0.2) is 4.79 Å². The van der Waals surface area contributed by atoms with Crippen molar-refractivity contribution in [3.63, 3.8) is 0 Å². The molecule has 8 nitrogen and oxygen atoms in total. The predicted molar refractivity (Wildman–Crippen MR) is 135 cm³/mol. The summed E-state index contributed by atoms with van der Waals surface area (Å²) in [5, 5.41) is 21.3. The number of halogens is 3. The number of hydrogen-bond acceptors (Lipinski definition) is 6. The van der Waals surface area contributed by atoms with Crippen LogP contribution in [0.15, 0.2) is 42.5 Å². The van der Waals surface area contributed by atoms with Gasteiger partial charge in [-0.05, 0) is 56.0 Å². The summed E-state index contributed by atoms with van der Waals surface area (Å²) in [6.07, 6.45) is -5.51. The maximum absolute atomic E-state index is 13.3. The van der Waals surface area contributed by atoms with Crippen LogP contribution in [0.5, 0.6) is 0 Å². The van der Waals surface area contributed by atoms with Crippen molar-refractivity contribution in [2.75, 3.05) is 19.7 Å². The summed E-state index contributed by atoms with van der Waals surface area (Å²) in [4.78, 5) is 26.8. The van der Waals surface area contributed by atoms with E-state index in [1.807, 2.05) is 6.07 Å². The van der Waals surface area contributed by atoms with Crippen molar-refractivity contribution in [2.45, 2.75) is 57.5 Å². The standard InChI is InChI=1S/C28H29F3N4O4/c1-27(2,3)39-26(37)35-11-4-12-38-24(17-35)25(36)34-22(16-33)13-18-5-7-19(8-6-18)20-9-10-21(15-32)23(14-20)28(29,30)31/h5-10,14,22,24H,4,11-13,17H2,1-3H3,(H,34,36)/t22-,24-/m0/s1. The van der Waals surface area contributed by atoms with Crippen LogP contribution in [-0.4, -0.2) is 54.3 Å². The molecule has 2 atom stereocenters. The van der Waals surface area contributed by atoms with Crippen molar-refractivity contribution in [3.8, 4) is 23.3 Å². The van der Waals surface area contributed by atoms with E-state index in [9.17, 15) is 28.0 Å². The molecule has 2 amide bonds. The lowest BCUT2D eigenvalue weighted by Gasteiger charge is -2.27. The van der Waals surface area contributed by atoms with Gasteiger partial charge in [0.1, 0.15) is 11.6 Å². The van der Waals surface area contributed by atoms with Gasteiger partial charge >= 0.3 is 12.3 Å². The van der Waals surface area contributed by atoms with Crippen molar-refractivity contribution in [3.05, 3.63) is 59.2 Å². The molecule has 0 aliphatic carbocycles. The zero-order chi connectivity index (χ0) is 28.8. The first-order valence-electron chi connectivity index (χ1n) is 12.3. The van der Waals surface area contributed by atoms with Crippen LogP contribution in [0, 0.1) is 22.7 Å². The Kier molecular flexibility index (Phi) is 9.20. The highest BCUT2D eigenvalue weighted by atomic mass is 19.4. The van der Waals surface area contributed by atoms with Gasteiger partial charge in [0, 0.05) is 19.6 Å². The van der Waals surface area contributed by atoms with Gasteiger partial charge in [-0.1, -0.05) is 30.3 Å². The van der Waals surface area contributed by atoms with Crippen molar-refractivity contribution in [1.29, 1.82) is 10.5 Å². The summed E-state index contributed by atoms with van der Waals surface area (Å²) < 4.78 is 51.0. The number of hydrogen-bond donors (Lipinski definition) is 1. The summed E-state index contributed by atoms with van der Waals surface area (Å²) in [6, 6.07) is 12.7. The summed E-state index contributed by atoms with van der Waals surface area (Å²) in [5.74, 6) is -0.536. The fourth-order valence-corrected chi connectivity index (χ4v) is 3.99. The molecule has 0 spiro atoms. The first kappa shape index (κ1) is 29.5. The van der Waals surface area contributed by atoms with Crippen LogP contribution in [0.4, 0.5) is 18.0 Å². The Morgan fingerprint density at radius 2 is 1.79 bits per heavy atom. The van der Waals surface area contributed by atoms with Crippen LogP contribution in [0.2, 0.25) is 0 Å². The van der Waals surface area contributed by atoms with Crippen LogP contribution in [0.25, 0.3) is 11.1 Å². The highest BCUT2D eigenvalue weighted by molar-refractivity contribution is 5.82. The van der Waals surface area contributed by atoms with Crippen molar-refractivity contribution in [2.24, 2.45) is 0 Å². The van der Waals surface area contributed by atoms with Crippen LogP contribution in [0.1, 0.15) is 43.9 Å². The lowest BCUT2D eigenvalue weighted by atomic mass is 9.97. The average Bonchev–Trinajstić information content (AvgIpc) is 3.13. The molecule has 0 saturated carbocycles. The third-order valence-corrected chi connectivity index (χ3v) is 5.87. The number of carbonyl (C=O) groups is 2. The van der Waals surface area contributed by atoms with Crippen molar-refractivity contribution >= 4 is 12.0 Å². The van der Waals surface area contributed by atoms with Crippen LogP contribution in [0.3, 0.4) is 0 Å². The Hall–Kier alpha value is -4.09. The maximum Gasteiger partial charge on any atom is 0.417 e. The van der Waals surface area contributed by atoms with E-state index in [0.717, 1.165) is 12.1 Å². The Bertz CT molecular complexity index is 1270. The normalized spacial score (nSPS) is 16.8. The van der Waals surface area contributed by atoms with Gasteiger partial charge in [0.2, 0.25) is 0 Å². The monoisotopic (exact) mass is 542 g/mol. The van der Waals surface area contributed by atoms with E-state index in [-0.39, 0.29) is 25.1 Å². The average molecular weight is 543 g/mol. The second-order valence-electron chi connectivity index (χ2n) is 10.1. The molecule has 0 unspecified atom stereocenters. The predicted octanol–water partition coefficient (Wildman–Crippen LogP) is 4.82. The zero-order valence-electron chi connectivity index (χ0n) is 21.8. The van der Waals surface area contributed by atoms with Crippen molar-refractivity contribution in [1.82, 2.24) is 10.2 Å². The highest BCUT2D eigenvalue weighted by Crippen LogP contribution is 2.34. The maximum atomic E-state index is 13.3. The summed E-state index contributed by atoms with van der Waals surface area (Å²) in [5.41, 5.74) is -0.692. The molecule has 3 rings (SSSR count). The number of amides is 2. The summed E-state index contributed by atoms with van der Waals surface area (Å²) in [7, 11) is 0. The van der Waals surface area contributed by atoms with E-state index in [2.05, 4.69) is 5.32 Å². The minimum atomic E-state index is -4.66. The SMILES string of the molecule is CC(C)(C)OC(=O)N1CCCO[C@H](C(=O)N[C@H](C#N)Cc2ccc(-c3ccc(C#N)c(C(F)(F)F)c3)cc2)C1. The number of nitrogens with one attached hydrogen (secondary N) is 1. The van der Waals surface area contributed by atoms with Gasteiger partial charge in [-0.3, -0.25) is 4.79 Å². The largest absolute Gasteiger partial charge is 0.444 e. The zero-order valence-corrected chi connectivity index (χ0v) is 21.8. The molecular formula is C28H29F3N4O4. The van der Waals surface area contributed by atoms with Gasteiger partial charge in [-0.15, -0.1) is 0 Å². The highest BCUT2D eigenvalue weighted by Gasteiger charge is 2.34. The fraction of sp³-hybridized carbons (Fsp3) is 0.429. The van der Waals surface area contributed by atoms with E-state index in [1.54, 1.807) is 51.1 Å². The summed E-state index contributed by atoms with van der Waals surface area (Å²) >= 11 is 0. The number of nitriles is 2. The smallest absolute Gasteiger partial charge is 0.417 e. The third kappa shape index (κ3) is 8.20. The van der Waals surface area contributed by atoms with Gasteiger partial charge in [0.05, 0.1) is 29.8 Å². The van der Waals surface area contributed by atoms with Crippen LogP contribution >= 0.6 is 0 Å². The van der Waals surface area contributed by atoms with Gasteiger partial charge in [-0.2, -0.15) is 23.7 Å². The number of ether oxygens (including phenoxy) is 2. The molecule has 1 fully saturated rings. The van der Waals surface area contributed by atoms with E-state index in [4.69, 9.17) is 14.7 Å². The molecule has 1 aliphatic rings. The van der Waals surface area contributed by atoms with Gasteiger partial charge < -0.3 is 19.7 Å². The van der Waals surface area contributed by atoms with E-state index >= 15 is 0 Å². The van der Waals surface area contributed by atoms with E-state index < -0.39 is 47.1 Å². The molecule has 0 aromatic heterocycles. The lowest BCUT2D eigenvalue weighted by molar-refractivity contribution is -0.137. The number of carbonyl (C=O) groups excluding carboxylic acids is 2. The molecule has 1 N–H and O–H groups in total. The molecule has 1 heterocycles. The molecule has 2 aromatic rings. The number of benzene rings is 2. The van der Waals surface area contributed by atoms with Crippen LogP contribution in [-0.2, 0) is 26.9 Å². The Morgan fingerprint density at radius 3 is 2.38 bits per heavy atom. The second kappa shape index (κ2) is 12.2. The molecule has 206 valence electrons. The van der Waals surface area contributed by atoms with Crippen molar-refractivity contribution < 1.29 is 32.2 Å². The summed E-state index contributed by atoms with van der Waals surface area (Å²) in [6.45, 7) is 5.86. The number of rotatable bonds is 5. The molecule has 11 heteroatoms. The minimum absolute atomic E-state index is 0.0158. The molecular weight excluding hydrogens is 513 g/mol. The quantitative estimate of drug-likeness (QED) is 0.579. The molecule has 1 aliphatic heterocycles. The number of nitrogens with zero attached hydrogens (tertiary/aromatic N) is 3. The van der Waals surface area contributed by atoms with Crippen LogP contribution < -0.4 is 5.32 Å². The van der Waals surface area contributed by atoms with E-state index in [1.165, 1.54) is 11.0 Å². The molecule has 39 heavy (non-hydrogen) atoms. The second-order valence-corrected chi connectivity index (χ2v) is 10.1. The Morgan fingerprint density at radius 1 is 1.13 bits per heavy atom. The fourth-order valence-electron chi connectivity index (χ4n) is 3.99.